The van der Waals surface area contributed by atoms with Gasteiger partial charge in [0, 0.05) is 12.6 Å². The molecule has 0 N–H and O–H groups in total. The van der Waals surface area contributed by atoms with Gasteiger partial charge in [-0.25, -0.2) is 0 Å². The van der Waals surface area contributed by atoms with Crippen LogP contribution in [0.4, 0.5) is 8.78 Å². The van der Waals surface area contributed by atoms with Gasteiger partial charge in [0.1, 0.15) is 5.69 Å². The van der Waals surface area contributed by atoms with Crippen molar-refractivity contribution >= 4 is 13.3 Å². The van der Waals surface area contributed by atoms with Crippen molar-refractivity contribution in [1.82, 2.24) is 4.98 Å². The Balaban J connectivity index is 2.08. The van der Waals surface area contributed by atoms with E-state index in [0.717, 1.165) is 0 Å². The molecule has 0 unspecified atom stereocenters. The third-order valence-corrected chi connectivity index (χ3v) is 7.06. The number of alkyl halides is 2. The molecule has 1 heterocycles. The maximum Gasteiger partial charge on any atom is 0.289 e. The minimum atomic E-state index is -2.85. The van der Waals surface area contributed by atoms with Crippen molar-refractivity contribution in [1.29, 1.82) is 0 Å². The van der Waals surface area contributed by atoms with Crippen molar-refractivity contribution in [2.24, 2.45) is 0 Å². The van der Waals surface area contributed by atoms with E-state index >= 15 is 0 Å². The van der Waals surface area contributed by atoms with Gasteiger partial charge in [0.15, 0.2) is 0 Å². The van der Waals surface area contributed by atoms with Crippen molar-refractivity contribution in [3.8, 4) is 0 Å². The van der Waals surface area contributed by atoms with Gasteiger partial charge in [-0.15, -0.1) is 0 Å². The van der Waals surface area contributed by atoms with Crippen LogP contribution in [0, 0.1) is 0 Å². The minimum absolute atomic E-state index is 0.127. The lowest BCUT2D eigenvalue weighted by molar-refractivity contribution is -0.0130. The van der Waals surface area contributed by atoms with Gasteiger partial charge in [0.2, 0.25) is 0 Å². The first-order chi connectivity index (χ1) is 9.42. The van der Waals surface area contributed by atoms with Crippen molar-refractivity contribution in [3.63, 3.8) is 0 Å². The van der Waals surface area contributed by atoms with E-state index < -0.39 is 14.0 Å². The quantitative estimate of drug-likeness (QED) is 0.753. The van der Waals surface area contributed by atoms with Crippen LogP contribution < -0.4 is 5.19 Å². The average molecular weight is 291 g/mol. The molecule has 0 radical (unpaired) electrons. The van der Waals surface area contributed by atoms with Crippen LogP contribution in [0.2, 0.25) is 19.1 Å². The van der Waals surface area contributed by atoms with Gasteiger partial charge in [0.25, 0.3) is 5.92 Å². The van der Waals surface area contributed by atoms with Crippen molar-refractivity contribution in [2.75, 3.05) is 0 Å². The lowest BCUT2D eigenvalue weighted by Gasteiger charge is -2.25. The zero-order chi connectivity index (χ0) is 14.6. The molecule has 20 heavy (non-hydrogen) atoms. The first kappa shape index (κ1) is 14.8. The van der Waals surface area contributed by atoms with Crippen LogP contribution in [-0.4, -0.2) is 13.1 Å². The Bertz CT molecular complexity index is 489. The van der Waals surface area contributed by atoms with E-state index in [-0.39, 0.29) is 12.1 Å². The molecule has 0 atom stereocenters. The fourth-order valence-electron chi connectivity index (χ4n) is 2.21. The molecule has 1 aromatic carbocycles. The molecule has 0 saturated carbocycles. The van der Waals surface area contributed by atoms with Crippen LogP contribution in [0.1, 0.15) is 12.1 Å². The van der Waals surface area contributed by atoms with Crippen molar-refractivity contribution in [2.45, 2.75) is 31.5 Å². The summed E-state index contributed by atoms with van der Waals surface area (Å²) in [6.45, 7) is 4.27. The molecule has 0 saturated heterocycles. The number of halogens is 2. The van der Waals surface area contributed by atoms with Gasteiger partial charge < -0.3 is 0 Å². The Hall–Kier alpha value is -1.55. The van der Waals surface area contributed by atoms with E-state index in [9.17, 15) is 8.78 Å². The molecule has 106 valence electrons. The van der Waals surface area contributed by atoms with Gasteiger partial charge in [-0.3, -0.25) is 4.98 Å². The van der Waals surface area contributed by atoms with E-state index in [1.165, 1.54) is 17.4 Å². The first-order valence-electron chi connectivity index (χ1n) is 6.77. The summed E-state index contributed by atoms with van der Waals surface area (Å²) in [5.74, 6) is -2.85. The Kier molecular flexibility index (Phi) is 4.33. The van der Waals surface area contributed by atoms with Crippen LogP contribution in [0.15, 0.2) is 54.7 Å². The highest BCUT2D eigenvalue weighted by molar-refractivity contribution is 6.89. The highest BCUT2D eigenvalue weighted by atomic mass is 28.3. The minimum Gasteiger partial charge on any atom is -0.255 e. The van der Waals surface area contributed by atoms with Crippen LogP contribution in [0.5, 0.6) is 0 Å². The molecule has 1 aromatic heterocycles. The zero-order valence-corrected chi connectivity index (χ0v) is 12.8. The Labute approximate surface area is 119 Å². The maximum absolute atomic E-state index is 14.2. The van der Waals surface area contributed by atoms with E-state index in [1.54, 1.807) is 12.1 Å². The molecule has 0 fully saturated rings. The second-order valence-electron chi connectivity index (χ2n) is 5.67. The number of aromatic nitrogens is 1. The van der Waals surface area contributed by atoms with Crippen LogP contribution >= 0.6 is 0 Å². The second kappa shape index (κ2) is 5.83. The molecular weight excluding hydrogens is 272 g/mol. The lowest BCUT2D eigenvalue weighted by atomic mass is 10.2. The van der Waals surface area contributed by atoms with Gasteiger partial charge in [-0.05, 0) is 18.2 Å². The zero-order valence-electron chi connectivity index (χ0n) is 11.8. The second-order valence-corrected chi connectivity index (χ2v) is 10.5. The predicted molar refractivity (Wildman–Crippen MR) is 81.1 cm³/mol. The molecule has 2 rings (SSSR count). The summed E-state index contributed by atoms with van der Waals surface area (Å²) < 4.78 is 28.3. The summed E-state index contributed by atoms with van der Waals surface area (Å²) in [4.78, 5) is 3.79. The molecule has 0 aliphatic heterocycles. The third-order valence-electron chi connectivity index (χ3n) is 3.66. The number of hydrogen-bond acceptors (Lipinski definition) is 1. The van der Waals surface area contributed by atoms with Crippen molar-refractivity contribution < 1.29 is 8.78 Å². The SMILES string of the molecule is C[Si](C)(CCC(F)(F)c1ccccn1)c1ccccc1. The standard InChI is InChI=1S/C16H19F2NSi/c1-20(2,14-8-4-3-5-9-14)13-11-16(17,18)15-10-6-7-12-19-15/h3-10,12H,11,13H2,1-2H3. The summed E-state index contributed by atoms with van der Waals surface area (Å²) in [5, 5.41) is 1.22. The monoisotopic (exact) mass is 291 g/mol. The van der Waals surface area contributed by atoms with Crippen LogP contribution in [0.3, 0.4) is 0 Å². The van der Waals surface area contributed by atoms with Crippen LogP contribution in [-0.2, 0) is 5.92 Å². The van der Waals surface area contributed by atoms with Gasteiger partial charge >= 0.3 is 0 Å². The summed E-state index contributed by atoms with van der Waals surface area (Å²) in [7, 11) is -1.83. The van der Waals surface area contributed by atoms with Crippen molar-refractivity contribution in [3.05, 3.63) is 60.4 Å². The first-order valence-corrected chi connectivity index (χ1v) is 9.97. The molecule has 2 aromatic rings. The third kappa shape index (κ3) is 3.51. The smallest absolute Gasteiger partial charge is 0.255 e. The molecule has 0 spiro atoms. The molecule has 4 heteroatoms. The summed E-state index contributed by atoms with van der Waals surface area (Å²) in [5.41, 5.74) is -0.127. The molecule has 0 amide bonds. The number of hydrogen-bond donors (Lipinski definition) is 0. The summed E-state index contributed by atoms with van der Waals surface area (Å²) in [6.07, 6.45) is 1.28. The molecule has 0 aliphatic carbocycles. The van der Waals surface area contributed by atoms with E-state index in [4.69, 9.17) is 0 Å². The lowest BCUT2D eigenvalue weighted by Crippen LogP contribution is -2.42. The highest BCUT2D eigenvalue weighted by Crippen LogP contribution is 2.33. The molecular formula is C16H19F2NSi. The van der Waals surface area contributed by atoms with Crippen LogP contribution in [0.25, 0.3) is 0 Å². The van der Waals surface area contributed by atoms with Gasteiger partial charge in [0.05, 0.1) is 8.07 Å². The highest BCUT2D eigenvalue weighted by Gasteiger charge is 2.36. The Morgan fingerprint density at radius 3 is 2.25 bits per heavy atom. The fraction of sp³-hybridized carbons (Fsp3) is 0.312. The molecule has 0 aliphatic rings. The van der Waals surface area contributed by atoms with E-state index in [0.29, 0.717) is 6.04 Å². The topological polar surface area (TPSA) is 12.9 Å². The predicted octanol–water partition coefficient (Wildman–Crippen LogP) is 4.18. The Morgan fingerprint density at radius 2 is 1.65 bits per heavy atom. The number of nitrogens with zero attached hydrogens (tertiary/aromatic N) is 1. The fourth-order valence-corrected chi connectivity index (χ4v) is 4.53. The van der Waals surface area contributed by atoms with E-state index in [1.807, 2.05) is 30.3 Å². The number of rotatable bonds is 5. The largest absolute Gasteiger partial charge is 0.289 e. The number of benzene rings is 1. The normalized spacial score (nSPS) is 12.4. The van der Waals surface area contributed by atoms with Gasteiger partial charge in [-0.2, -0.15) is 8.78 Å². The maximum atomic E-state index is 14.2. The molecule has 0 bridgehead atoms. The number of pyridine rings is 1. The van der Waals surface area contributed by atoms with Gasteiger partial charge in [-0.1, -0.05) is 54.7 Å². The molecule has 1 nitrogen and oxygen atoms in total. The Morgan fingerprint density at radius 1 is 1.00 bits per heavy atom. The summed E-state index contributed by atoms with van der Waals surface area (Å²) in [6, 6.07) is 15.2. The summed E-state index contributed by atoms with van der Waals surface area (Å²) >= 11 is 0. The average Bonchev–Trinajstić information content (AvgIpc) is 2.47. The van der Waals surface area contributed by atoms with E-state index in [2.05, 4.69) is 18.1 Å².